The summed E-state index contributed by atoms with van der Waals surface area (Å²) in [5.74, 6) is 0.427. The molecule has 1 fully saturated rings. The number of nitrogens with two attached hydrogens (primary N) is 1. The van der Waals surface area contributed by atoms with Crippen LogP contribution in [0, 0.1) is 5.92 Å². The predicted octanol–water partition coefficient (Wildman–Crippen LogP) is 0.740. The summed E-state index contributed by atoms with van der Waals surface area (Å²) in [4.78, 5) is 21.6. The third kappa shape index (κ3) is 5.11. The Hall–Kier alpha value is -1.10. The topological polar surface area (TPSA) is 84.2 Å². The Morgan fingerprint density at radius 3 is 2.69 bits per heavy atom. The van der Waals surface area contributed by atoms with Gasteiger partial charge in [0.2, 0.25) is 5.91 Å². The number of rotatable bonds is 3. The van der Waals surface area contributed by atoms with Gasteiger partial charge in [-0.25, -0.2) is 4.79 Å². The number of primary amides is 1. The first kappa shape index (κ1) is 13.0. The SMILES string of the molecule is CC1CCCC(NCC(=O)NC(N)=O)CC1. The molecule has 0 heterocycles. The van der Waals surface area contributed by atoms with Crippen molar-refractivity contribution >= 4 is 11.9 Å². The highest BCUT2D eigenvalue weighted by Crippen LogP contribution is 2.22. The van der Waals surface area contributed by atoms with E-state index < -0.39 is 6.03 Å². The average molecular weight is 227 g/mol. The van der Waals surface area contributed by atoms with Crippen LogP contribution in [0.25, 0.3) is 0 Å². The first-order valence-corrected chi connectivity index (χ1v) is 5.90. The quantitative estimate of drug-likeness (QED) is 0.622. The Bertz CT molecular complexity index is 256. The molecule has 0 aromatic rings. The zero-order valence-corrected chi connectivity index (χ0v) is 9.79. The molecule has 1 saturated carbocycles. The molecule has 1 aliphatic carbocycles. The smallest absolute Gasteiger partial charge is 0.318 e. The third-order valence-corrected chi connectivity index (χ3v) is 3.07. The summed E-state index contributed by atoms with van der Waals surface area (Å²) in [6, 6.07) is -0.398. The zero-order chi connectivity index (χ0) is 12.0. The lowest BCUT2D eigenvalue weighted by atomic mass is 10.0. The number of nitrogens with one attached hydrogen (secondary N) is 2. The van der Waals surface area contributed by atoms with E-state index in [0.29, 0.717) is 6.04 Å². The summed E-state index contributed by atoms with van der Waals surface area (Å²) in [6.45, 7) is 2.43. The van der Waals surface area contributed by atoms with Crippen LogP contribution in [-0.4, -0.2) is 24.5 Å². The van der Waals surface area contributed by atoms with E-state index in [1.54, 1.807) is 0 Å². The van der Waals surface area contributed by atoms with Crippen LogP contribution in [0.5, 0.6) is 0 Å². The van der Waals surface area contributed by atoms with Gasteiger partial charge in [-0.1, -0.05) is 19.8 Å². The minimum absolute atomic E-state index is 0.169. The molecule has 1 rings (SSSR count). The normalized spacial score (nSPS) is 25.8. The Balaban J connectivity index is 2.21. The van der Waals surface area contributed by atoms with Crippen LogP contribution in [-0.2, 0) is 4.79 Å². The van der Waals surface area contributed by atoms with Gasteiger partial charge in [-0.15, -0.1) is 0 Å². The second-order valence-corrected chi connectivity index (χ2v) is 4.60. The molecule has 1 aliphatic rings. The molecule has 4 N–H and O–H groups in total. The molecule has 5 nitrogen and oxygen atoms in total. The van der Waals surface area contributed by atoms with Gasteiger partial charge in [-0.05, 0) is 25.2 Å². The largest absolute Gasteiger partial charge is 0.351 e. The number of hydrogen-bond acceptors (Lipinski definition) is 3. The highest BCUT2D eigenvalue weighted by Gasteiger charge is 2.16. The monoisotopic (exact) mass is 227 g/mol. The minimum atomic E-state index is -0.790. The Labute approximate surface area is 96.1 Å². The summed E-state index contributed by atoms with van der Waals surface area (Å²) in [7, 11) is 0. The van der Waals surface area contributed by atoms with Gasteiger partial charge in [0.25, 0.3) is 0 Å². The fourth-order valence-corrected chi connectivity index (χ4v) is 2.11. The Morgan fingerprint density at radius 1 is 1.25 bits per heavy atom. The lowest BCUT2D eigenvalue weighted by molar-refractivity contribution is -0.119. The van der Waals surface area contributed by atoms with Crippen LogP contribution in [0.1, 0.15) is 39.0 Å². The second-order valence-electron chi connectivity index (χ2n) is 4.60. The highest BCUT2D eigenvalue weighted by atomic mass is 16.2. The molecular weight excluding hydrogens is 206 g/mol. The summed E-state index contributed by atoms with van der Waals surface area (Å²) < 4.78 is 0. The van der Waals surface area contributed by atoms with Gasteiger partial charge in [-0.3, -0.25) is 10.1 Å². The van der Waals surface area contributed by atoms with Crippen molar-refractivity contribution in [2.45, 2.75) is 45.1 Å². The molecule has 3 amide bonds. The molecule has 0 aromatic carbocycles. The fourth-order valence-electron chi connectivity index (χ4n) is 2.11. The van der Waals surface area contributed by atoms with Crippen LogP contribution in [0.15, 0.2) is 0 Å². The highest BCUT2D eigenvalue weighted by molar-refractivity contribution is 5.94. The second kappa shape index (κ2) is 6.48. The fraction of sp³-hybridized carbons (Fsp3) is 0.818. The summed E-state index contributed by atoms with van der Waals surface area (Å²) >= 11 is 0. The van der Waals surface area contributed by atoms with Crippen molar-refractivity contribution in [2.75, 3.05) is 6.54 Å². The Morgan fingerprint density at radius 2 is 2.00 bits per heavy atom. The number of urea groups is 1. The van der Waals surface area contributed by atoms with E-state index in [0.717, 1.165) is 18.8 Å². The minimum Gasteiger partial charge on any atom is -0.351 e. The first-order chi connectivity index (χ1) is 7.58. The van der Waals surface area contributed by atoms with Crippen LogP contribution in [0.4, 0.5) is 4.79 Å². The number of carbonyl (C=O) groups is 2. The van der Waals surface area contributed by atoms with Crippen LogP contribution in [0.3, 0.4) is 0 Å². The first-order valence-electron chi connectivity index (χ1n) is 5.90. The van der Waals surface area contributed by atoms with Crippen molar-refractivity contribution in [1.29, 1.82) is 0 Å². The van der Waals surface area contributed by atoms with E-state index in [1.165, 1.54) is 19.3 Å². The van der Waals surface area contributed by atoms with Crippen molar-refractivity contribution in [1.82, 2.24) is 10.6 Å². The molecule has 0 bridgehead atoms. The maximum atomic E-state index is 11.2. The molecule has 0 aromatic heterocycles. The molecule has 0 aliphatic heterocycles. The van der Waals surface area contributed by atoms with E-state index in [1.807, 2.05) is 5.32 Å². The van der Waals surface area contributed by atoms with Crippen LogP contribution >= 0.6 is 0 Å². The summed E-state index contributed by atoms with van der Waals surface area (Å²) in [5, 5.41) is 5.21. The Kier molecular flexibility index (Phi) is 5.25. The van der Waals surface area contributed by atoms with Crippen LogP contribution in [0.2, 0.25) is 0 Å². The van der Waals surface area contributed by atoms with Gasteiger partial charge in [0.05, 0.1) is 6.54 Å². The van der Waals surface area contributed by atoms with E-state index in [9.17, 15) is 9.59 Å². The number of hydrogen-bond donors (Lipinski definition) is 3. The van der Waals surface area contributed by atoms with Gasteiger partial charge in [0.1, 0.15) is 0 Å². The van der Waals surface area contributed by atoms with E-state index >= 15 is 0 Å². The molecule has 0 saturated heterocycles. The maximum absolute atomic E-state index is 11.2. The van der Waals surface area contributed by atoms with E-state index in [-0.39, 0.29) is 12.5 Å². The van der Waals surface area contributed by atoms with Crippen molar-refractivity contribution in [3.8, 4) is 0 Å². The molecule has 0 radical (unpaired) electrons. The van der Waals surface area contributed by atoms with Crippen molar-refractivity contribution in [3.63, 3.8) is 0 Å². The zero-order valence-electron chi connectivity index (χ0n) is 9.79. The number of amides is 3. The maximum Gasteiger partial charge on any atom is 0.318 e. The molecule has 2 unspecified atom stereocenters. The van der Waals surface area contributed by atoms with Crippen LogP contribution < -0.4 is 16.4 Å². The summed E-state index contributed by atoms with van der Waals surface area (Å²) in [6.07, 6.45) is 5.89. The van der Waals surface area contributed by atoms with E-state index in [4.69, 9.17) is 5.73 Å². The van der Waals surface area contributed by atoms with Crippen molar-refractivity contribution in [2.24, 2.45) is 11.7 Å². The lowest BCUT2D eigenvalue weighted by Gasteiger charge is -2.15. The van der Waals surface area contributed by atoms with Gasteiger partial charge < -0.3 is 11.1 Å². The van der Waals surface area contributed by atoms with E-state index in [2.05, 4.69) is 12.2 Å². The van der Waals surface area contributed by atoms with Crippen molar-refractivity contribution < 1.29 is 9.59 Å². The predicted molar refractivity (Wildman–Crippen MR) is 61.8 cm³/mol. The standard InChI is InChI=1S/C11H21N3O2/c1-8-3-2-4-9(6-5-8)13-7-10(15)14-11(12)16/h8-9,13H,2-7H2,1H3,(H3,12,14,15,16). The number of imide groups is 1. The average Bonchev–Trinajstić information content (AvgIpc) is 2.39. The van der Waals surface area contributed by atoms with Gasteiger partial charge >= 0.3 is 6.03 Å². The van der Waals surface area contributed by atoms with Gasteiger partial charge in [0, 0.05) is 6.04 Å². The van der Waals surface area contributed by atoms with Gasteiger partial charge in [-0.2, -0.15) is 0 Å². The van der Waals surface area contributed by atoms with Gasteiger partial charge in [0.15, 0.2) is 0 Å². The lowest BCUT2D eigenvalue weighted by Crippen LogP contribution is -2.43. The van der Waals surface area contributed by atoms with Crippen molar-refractivity contribution in [3.05, 3.63) is 0 Å². The third-order valence-electron chi connectivity index (χ3n) is 3.07. The molecule has 2 atom stereocenters. The molecule has 16 heavy (non-hydrogen) atoms. The number of carbonyl (C=O) groups excluding carboxylic acids is 2. The molecular formula is C11H21N3O2. The molecule has 0 spiro atoms. The summed E-state index contributed by atoms with van der Waals surface area (Å²) in [5.41, 5.74) is 4.85. The molecule has 5 heteroatoms. The molecule has 92 valence electrons.